The van der Waals surface area contributed by atoms with Crippen LogP contribution in [0.5, 0.6) is 0 Å². The highest BCUT2D eigenvalue weighted by Gasteiger charge is 2.52. The van der Waals surface area contributed by atoms with Crippen LogP contribution in [0, 0.1) is 0 Å². The third-order valence-electron chi connectivity index (χ3n) is 8.74. The Kier molecular flexibility index (Phi) is 25.6. The number of unbranched alkanes of at least 4 members (excludes halogenated alkanes) is 20. The van der Waals surface area contributed by atoms with E-state index in [1.54, 1.807) is 0 Å². The number of aliphatic hydroxyl groups excluding tert-OH is 1. The van der Waals surface area contributed by atoms with Crippen molar-refractivity contribution >= 4 is 22.3 Å². The number of ether oxygens (including phenoxy) is 4. The number of aliphatic hydroxyl groups is 1. The fraction of sp³-hybridized carbons (Fsp3) is 0.943. The summed E-state index contributed by atoms with van der Waals surface area (Å²) in [6.45, 7) is 3.69. The number of carbonyl (C=O) groups is 2. The van der Waals surface area contributed by atoms with Gasteiger partial charge in [-0.15, -0.1) is 0 Å². The van der Waals surface area contributed by atoms with Gasteiger partial charge >= 0.3 is 22.3 Å². The minimum atomic E-state index is -5.05. The Morgan fingerprint density at radius 3 is 1.30 bits per heavy atom. The Hall–Kier alpha value is -1.31. The Labute approximate surface area is 285 Å². The number of hydrogen-bond acceptors (Lipinski definition) is 10. The summed E-state index contributed by atoms with van der Waals surface area (Å²) in [6.07, 6.45) is 17.7. The van der Waals surface area contributed by atoms with Crippen molar-refractivity contribution in [2.45, 2.75) is 199 Å². The van der Waals surface area contributed by atoms with Gasteiger partial charge in [0.1, 0.15) is 12.2 Å². The maximum atomic E-state index is 12.9. The largest absolute Gasteiger partial charge is 0.455 e. The third kappa shape index (κ3) is 21.4. The maximum Gasteiger partial charge on any atom is 0.397 e. The summed E-state index contributed by atoms with van der Waals surface area (Å²) in [5.74, 6) is -1.23. The maximum absolute atomic E-state index is 12.9. The smallest absolute Gasteiger partial charge is 0.397 e. The van der Waals surface area contributed by atoms with E-state index in [0.29, 0.717) is 12.8 Å². The fourth-order valence-corrected chi connectivity index (χ4v) is 6.53. The molecule has 1 aliphatic heterocycles. The van der Waals surface area contributed by atoms with Crippen LogP contribution >= 0.6 is 0 Å². The Bertz CT molecular complexity index is 898. The topological polar surface area (TPSA) is 155 Å². The van der Waals surface area contributed by atoms with Gasteiger partial charge in [-0.1, -0.05) is 142 Å². The van der Waals surface area contributed by atoms with Crippen molar-refractivity contribution in [3.63, 3.8) is 0 Å². The molecule has 0 unspecified atom stereocenters. The molecule has 278 valence electrons. The van der Waals surface area contributed by atoms with Gasteiger partial charge in [-0.25, -0.2) is 4.18 Å². The van der Waals surface area contributed by atoms with Gasteiger partial charge in [0.15, 0.2) is 18.5 Å². The van der Waals surface area contributed by atoms with Crippen molar-refractivity contribution in [2.75, 3.05) is 13.7 Å². The molecule has 0 spiro atoms. The predicted octanol–water partition coefficient (Wildman–Crippen LogP) is 7.76. The third-order valence-corrected chi connectivity index (χ3v) is 9.21. The van der Waals surface area contributed by atoms with Crippen molar-refractivity contribution in [3.05, 3.63) is 0 Å². The molecule has 0 radical (unpaired) electrons. The highest BCUT2D eigenvalue weighted by Crippen LogP contribution is 2.30. The molecule has 0 amide bonds. The SMILES string of the molecule is CCCCCCCCCCCCCC(=O)O[C@H]1[C@H](OC(=O)CCCCCCCCCCCCC)[C@@H](OC)O[C@@H](CO)[C@@H]1OS(=O)(=O)O. The first-order chi connectivity index (χ1) is 22.7. The zero-order valence-corrected chi connectivity index (χ0v) is 30.4. The molecule has 1 fully saturated rings. The normalized spacial score (nSPS) is 21.5. The van der Waals surface area contributed by atoms with Gasteiger partial charge in [0.05, 0.1) is 6.61 Å². The number of rotatable bonds is 30. The molecule has 0 aromatic heterocycles. The second-order valence-electron chi connectivity index (χ2n) is 12.9. The molecule has 47 heavy (non-hydrogen) atoms. The molecule has 0 aromatic carbocycles. The van der Waals surface area contributed by atoms with Crippen molar-refractivity contribution in [1.29, 1.82) is 0 Å². The summed E-state index contributed by atoms with van der Waals surface area (Å²) in [5, 5.41) is 9.89. The summed E-state index contributed by atoms with van der Waals surface area (Å²) in [7, 11) is -3.76. The lowest BCUT2D eigenvalue weighted by molar-refractivity contribution is -0.296. The first-order valence-electron chi connectivity index (χ1n) is 18.5. The van der Waals surface area contributed by atoms with Gasteiger partial charge in [-0.3, -0.25) is 14.1 Å². The van der Waals surface area contributed by atoms with E-state index in [1.807, 2.05) is 0 Å². The molecule has 0 aliphatic carbocycles. The molecule has 0 bridgehead atoms. The van der Waals surface area contributed by atoms with Crippen LogP contribution in [0.1, 0.15) is 168 Å². The first-order valence-corrected chi connectivity index (χ1v) is 19.9. The number of methoxy groups -OCH3 is 1. The lowest BCUT2D eigenvalue weighted by Gasteiger charge is -2.43. The molecule has 1 heterocycles. The Morgan fingerprint density at radius 1 is 0.596 bits per heavy atom. The zero-order valence-electron chi connectivity index (χ0n) is 29.5. The van der Waals surface area contributed by atoms with Gasteiger partial charge in [-0.2, -0.15) is 8.42 Å². The van der Waals surface area contributed by atoms with E-state index in [-0.39, 0.29) is 12.8 Å². The van der Waals surface area contributed by atoms with Gasteiger partial charge in [0.25, 0.3) is 0 Å². The molecule has 1 saturated heterocycles. The van der Waals surface area contributed by atoms with E-state index in [0.717, 1.165) is 38.5 Å². The molecule has 2 N–H and O–H groups in total. The van der Waals surface area contributed by atoms with E-state index in [4.69, 9.17) is 23.1 Å². The van der Waals surface area contributed by atoms with Crippen molar-refractivity contribution in [2.24, 2.45) is 0 Å². The molecule has 11 nitrogen and oxygen atoms in total. The molecule has 0 aromatic rings. The highest BCUT2D eigenvalue weighted by molar-refractivity contribution is 7.80. The molecule has 12 heteroatoms. The van der Waals surface area contributed by atoms with Crippen LogP contribution in [0.2, 0.25) is 0 Å². The highest BCUT2D eigenvalue weighted by atomic mass is 32.3. The van der Waals surface area contributed by atoms with Gasteiger partial charge < -0.3 is 24.1 Å². The van der Waals surface area contributed by atoms with Crippen LogP contribution in [0.3, 0.4) is 0 Å². The Balaban J connectivity index is 2.64. The molecular weight excluding hydrogens is 628 g/mol. The Morgan fingerprint density at radius 2 is 0.957 bits per heavy atom. The van der Waals surface area contributed by atoms with Gasteiger partial charge in [0.2, 0.25) is 0 Å². The van der Waals surface area contributed by atoms with Gasteiger partial charge in [-0.05, 0) is 12.8 Å². The number of carbonyl (C=O) groups excluding carboxylic acids is 2. The lowest BCUT2D eigenvalue weighted by Crippen LogP contribution is -2.62. The van der Waals surface area contributed by atoms with Crippen molar-refractivity contribution in [1.82, 2.24) is 0 Å². The van der Waals surface area contributed by atoms with E-state index in [2.05, 4.69) is 13.8 Å². The molecular formula is C35H66O11S. The number of hydrogen-bond donors (Lipinski definition) is 2. The van der Waals surface area contributed by atoms with Crippen LogP contribution in [-0.2, 0) is 43.1 Å². The monoisotopic (exact) mass is 694 g/mol. The quantitative estimate of drug-likeness (QED) is 0.0430. The predicted molar refractivity (Wildman–Crippen MR) is 181 cm³/mol. The van der Waals surface area contributed by atoms with E-state index < -0.39 is 59.7 Å². The van der Waals surface area contributed by atoms with Crippen LogP contribution in [0.15, 0.2) is 0 Å². The fourth-order valence-electron chi connectivity index (χ4n) is 6.02. The minimum Gasteiger partial charge on any atom is -0.455 e. The average molecular weight is 695 g/mol. The molecule has 5 atom stereocenters. The number of esters is 2. The summed E-state index contributed by atoms with van der Waals surface area (Å²) in [4.78, 5) is 25.8. The van der Waals surface area contributed by atoms with Crippen LogP contribution < -0.4 is 0 Å². The van der Waals surface area contributed by atoms with Crippen LogP contribution in [-0.4, -0.2) is 74.4 Å². The van der Waals surface area contributed by atoms with Crippen molar-refractivity contribution < 1.29 is 50.8 Å². The second-order valence-corrected chi connectivity index (χ2v) is 14.0. The molecule has 0 saturated carbocycles. The second kappa shape index (κ2) is 27.5. The summed E-state index contributed by atoms with van der Waals surface area (Å²) in [5.41, 5.74) is 0. The summed E-state index contributed by atoms with van der Waals surface area (Å²) in [6, 6.07) is 0. The summed E-state index contributed by atoms with van der Waals surface area (Å²) >= 11 is 0. The zero-order chi connectivity index (χ0) is 34.8. The van der Waals surface area contributed by atoms with Crippen LogP contribution in [0.4, 0.5) is 0 Å². The van der Waals surface area contributed by atoms with E-state index in [9.17, 15) is 27.7 Å². The van der Waals surface area contributed by atoms with Crippen molar-refractivity contribution in [3.8, 4) is 0 Å². The van der Waals surface area contributed by atoms with E-state index in [1.165, 1.54) is 97.0 Å². The average Bonchev–Trinajstić information content (AvgIpc) is 3.03. The first kappa shape index (κ1) is 43.7. The lowest BCUT2D eigenvalue weighted by atomic mass is 9.98. The van der Waals surface area contributed by atoms with Crippen LogP contribution in [0.25, 0.3) is 0 Å². The van der Waals surface area contributed by atoms with E-state index >= 15 is 0 Å². The van der Waals surface area contributed by atoms with Gasteiger partial charge in [0, 0.05) is 20.0 Å². The minimum absolute atomic E-state index is 0.0633. The molecule has 1 aliphatic rings. The summed E-state index contributed by atoms with van der Waals surface area (Å²) < 4.78 is 59.9. The standard InChI is InChI=1S/C35H66O11S/c1-4-6-8-10-12-14-16-18-20-22-24-26-30(37)44-33-32(46-47(39,40)41)29(28-36)43-35(42-3)34(33)45-31(38)27-25-23-21-19-17-15-13-11-9-7-5-2/h29,32-36H,4-28H2,1-3H3,(H,39,40,41)/t29-,32-,33+,34-,35-/m0/s1. The molecule has 1 rings (SSSR count).